The van der Waals surface area contributed by atoms with Crippen molar-refractivity contribution in [2.45, 2.75) is 46.3 Å². The average Bonchev–Trinajstić information content (AvgIpc) is 2.86. The summed E-state index contributed by atoms with van der Waals surface area (Å²) in [5.41, 5.74) is 3.28. The number of anilines is 1. The van der Waals surface area contributed by atoms with Crippen LogP contribution >= 0.6 is 0 Å². The molecule has 1 aromatic heterocycles. The molecule has 1 aliphatic rings. The van der Waals surface area contributed by atoms with Crippen LogP contribution in [0.5, 0.6) is 0 Å². The molecular weight excluding hydrogens is 454 g/mol. The molecule has 0 N–H and O–H groups in total. The first-order chi connectivity index (χ1) is 17.1. The highest BCUT2D eigenvalue weighted by Crippen LogP contribution is 2.30. The minimum atomic E-state index is -0.558. The molecule has 36 heavy (non-hydrogen) atoms. The molecule has 0 unspecified atom stereocenters. The van der Waals surface area contributed by atoms with Gasteiger partial charge in [-0.15, -0.1) is 0 Å². The second kappa shape index (κ2) is 10.0. The summed E-state index contributed by atoms with van der Waals surface area (Å²) in [6.07, 6.45) is 2.22. The van der Waals surface area contributed by atoms with Crippen molar-refractivity contribution in [1.29, 1.82) is 0 Å². The van der Waals surface area contributed by atoms with Gasteiger partial charge in [-0.25, -0.2) is 4.79 Å². The predicted octanol–water partition coefficient (Wildman–Crippen LogP) is 5.32. The fourth-order valence-electron chi connectivity index (χ4n) is 4.48. The Labute approximate surface area is 211 Å². The van der Waals surface area contributed by atoms with Crippen molar-refractivity contribution in [2.75, 3.05) is 25.0 Å². The number of para-hydroxylation sites is 1. The number of aromatic nitrogens is 1. The first-order valence-corrected chi connectivity index (χ1v) is 12.3. The monoisotopic (exact) mass is 487 g/mol. The molecule has 188 valence electrons. The molecular formula is C29H33N3O4. The largest absolute Gasteiger partial charge is 0.444 e. The van der Waals surface area contributed by atoms with E-state index in [0.29, 0.717) is 31.6 Å². The molecule has 0 radical (unpaired) electrons. The standard InChI is InChI=1S/C29H33N3O4/c1-6-32-25-13-12-21(27(34)30(5)22-10-8-7-9-11-22)18-24(25)23(19-26(32)33)20-14-16-31(17-15-20)28(35)36-29(2,3)4/h7-14,18-19H,6,15-17H2,1-5H3. The van der Waals surface area contributed by atoms with Crippen molar-refractivity contribution >= 4 is 34.2 Å². The highest BCUT2D eigenvalue weighted by Gasteiger charge is 2.25. The third kappa shape index (κ3) is 5.20. The van der Waals surface area contributed by atoms with Crippen LogP contribution in [-0.4, -0.2) is 47.2 Å². The van der Waals surface area contributed by atoms with Crippen LogP contribution in [0.3, 0.4) is 0 Å². The van der Waals surface area contributed by atoms with E-state index < -0.39 is 5.60 Å². The van der Waals surface area contributed by atoms with Gasteiger partial charge in [-0.3, -0.25) is 9.59 Å². The van der Waals surface area contributed by atoms with Gasteiger partial charge in [-0.1, -0.05) is 24.3 Å². The third-order valence-electron chi connectivity index (χ3n) is 6.33. The van der Waals surface area contributed by atoms with Crippen LogP contribution in [-0.2, 0) is 11.3 Å². The van der Waals surface area contributed by atoms with E-state index in [4.69, 9.17) is 4.74 Å². The lowest BCUT2D eigenvalue weighted by Crippen LogP contribution is -2.39. The smallest absolute Gasteiger partial charge is 0.410 e. The molecule has 0 saturated carbocycles. The zero-order chi connectivity index (χ0) is 26.0. The molecule has 4 rings (SSSR count). The van der Waals surface area contributed by atoms with Crippen LogP contribution in [0, 0.1) is 0 Å². The Morgan fingerprint density at radius 3 is 2.39 bits per heavy atom. The number of ether oxygens (including phenoxy) is 1. The number of fused-ring (bicyclic) bond motifs is 1. The molecule has 2 aromatic carbocycles. The SMILES string of the molecule is CCn1c(=O)cc(C2=CCN(C(=O)OC(C)(C)C)CC2)c2cc(C(=O)N(C)c3ccccc3)ccc21. The summed E-state index contributed by atoms with van der Waals surface area (Å²) in [6, 6.07) is 16.6. The molecule has 7 nitrogen and oxygen atoms in total. The van der Waals surface area contributed by atoms with Gasteiger partial charge in [0.25, 0.3) is 11.5 Å². The third-order valence-corrected chi connectivity index (χ3v) is 6.33. The van der Waals surface area contributed by atoms with E-state index in [1.165, 1.54) is 0 Å². The lowest BCUT2D eigenvalue weighted by atomic mass is 9.95. The Kier molecular flexibility index (Phi) is 7.02. The summed E-state index contributed by atoms with van der Waals surface area (Å²) in [5, 5.41) is 0.848. The molecule has 0 fully saturated rings. The second-order valence-electron chi connectivity index (χ2n) is 9.98. The van der Waals surface area contributed by atoms with E-state index in [2.05, 4.69) is 0 Å². The number of pyridine rings is 1. The summed E-state index contributed by atoms with van der Waals surface area (Å²) in [4.78, 5) is 42.0. The highest BCUT2D eigenvalue weighted by molar-refractivity contribution is 6.08. The maximum absolute atomic E-state index is 13.3. The molecule has 2 heterocycles. The fourth-order valence-corrected chi connectivity index (χ4v) is 4.48. The summed E-state index contributed by atoms with van der Waals surface area (Å²) in [5.74, 6) is -0.128. The molecule has 2 amide bonds. The van der Waals surface area contributed by atoms with Crippen LogP contribution in [0.25, 0.3) is 16.5 Å². The average molecular weight is 488 g/mol. The van der Waals surface area contributed by atoms with Crippen molar-refractivity contribution in [3.8, 4) is 0 Å². The second-order valence-corrected chi connectivity index (χ2v) is 9.98. The van der Waals surface area contributed by atoms with Crippen LogP contribution in [0.2, 0.25) is 0 Å². The van der Waals surface area contributed by atoms with Crippen LogP contribution < -0.4 is 10.5 Å². The first-order valence-electron chi connectivity index (χ1n) is 12.3. The highest BCUT2D eigenvalue weighted by atomic mass is 16.6. The summed E-state index contributed by atoms with van der Waals surface area (Å²) in [6.45, 7) is 8.89. The van der Waals surface area contributed by atoms with Gasteiger partial charge in [0, 0.05) is 49.4 Å². The van der Waals surface area contributed by atoms with Gasteiger partial charge in [-0.2, -0.15) is 0 Å². The quantitative estimate of drug-likeness (QED) is 0.499. The van der Waals surface area contributed by atoms with E-state index >= 15 is 0 Å². The summed E-state index contributed by atoms with van der Waals surface area (Å²) in [7, 11) is 1.75. The number of amides is 2. The fraction of sp³-hybridized carbons (Fsp3) is 0.345. The number of nitrogens with zero attached hydrogens (tertiary/aromatic N) is 3. The van der Waals surface area contributed by atoms with Gasteiger partial charge < -0.3 is 19.1 Å². The van der Waals surface area contributed by atoms with Gasteiger partial charge >= 0.3 is 6.09 Å². The molecule has 0 aliphatic carbocycles. The Hall–Kier alpha value is -3.87. The molecule has 3 aromatic rings. The summed E-state index contributed by atoms with van der Waals surface area (Å²) >= 11 is 0. The number of aryl methyl sites for hydroxylation is 1. The molecule has 1 aliphatic heterocycles. The van der Waals surface area contributed by atoms with E-state index in [1.807, 2.05) is 76.2 Å². The maximum Gasteiger partial charge on any atom is 0.410 e. The molecule has 0 bridgehead atoms. The predicted molar refractivity (Wildman–Crippen MR) is 143 cm³/mol. The summed E-state index contributed by atoms with van der Waals surface area (Å²) < 4.78 is 7.21. The normalized spacial score (nSPS) is 13.9. The number of hydrogen-bond donors (Lipinski definition) is 0. The van der Waals surface area contributed by atoms with E-state index in [-0.39, 0.29) is 17.6 Å². The van der Waals surface area contributed by atoms with Crippen molar-refractivity contribution in [3.63, 3.8) is 0 Å². The Bertz CT molecular complexity index is 1380. The van der Waals surface area contributed by atoms with Gasteiger partial charge in [0.2, 0.25) is 0 Å². The zero-order valence-electron chi connectivity index (χ0n) is 21.6. The zero-order valence-corrected chi connectivity index (χ0v) is 21.6. The number of carbonyl (C=O) groups is 2. The van der Waals surface area contributed by atoms with Crippen LogP contribution in [0.15, 0.2) is 65.5 Å². The minimum absolute atomic E-state index is 0.0871. The van der Waals surface area contributed by atoms with Gasteiger partial charge in [0.15, 0.2) is 0 Å². The van der Waals surface area contributed by atoms with Crippen molar-refractivity contribution in [2.24, 2.45) is 0 Å². The lowest BCUT2D eigenvalue weighted by Gasteiger charge is -2.30. The molecule has 0 atom stereocenters. The molecule has 7 heteroatoms. The molecule has 0 spiro atoms. The number of hydrogen-bond acceptors (Lipinski definition) is 4. The number of carbonyl (C=O) groups excluding carboxylic acids is 2. The van der Waals surface area contributed by atoms with Crippen molar-refractivity contribution in [1.82, 2.24) is 9.47 Å². The van der Waals surface area contributed by atoms with Crippen molar-refractivity contribution < 1.29 is 14.3 Å². The lowest BCUT2D eigenvalue weighted by molar-refractivity contribution is 0.0270. The van der Waals surface area contributed by atoms with E-state index in [0.717, 1.165) is 27.7 Å². The number of rotatable bonds is 4. The molecule has 0 saturated heterocycles. The number of benzene rings is 2. The Morgan fingerprint density at radius 2 is 1.78 bits per heavy atom. The van der Waals surface area contributed by atoms with Crippen LogP contribution in [0.4, 0.5) is 10.5 Å². The van der Waals surface area contributed by atoms with Crippen molar-refractivity contribution in [3.05, 3.63) is 82.2 Å². The van der Waals surface area contributed by atoms with Gasteiger partial charge in [0.05, 0.1) is 5.52 Å². The van der Waals surface area contributed by atoms with E-state index in [1.54, 1.807) is 33.5 Å². The van der Waals surface area contributed by atoms with Gasteiger partial charge in [-0.05, 0) is 75.6 Å². The van der Waals surface area contributed by atoms with Gasteiger partial charge in [0.1, 0.15) is 5.60 Å². The Balaban J connectivity index is 1.72. The van der Waals surface area contributed by atoms with Crippen LogP contribution in [0.1, 0.15) is 50.0 Å². The first kappa shape index (κ1) is 25.2. The Morgan fingerprint density at radius 1 is 1.06 bits per heavy atom. The maximum atomic E-state index is 13.3. The topological polar surface area (TPSA) is 71.9 Å². The van der Waals surface area contributed by atoms with E-state index in [9.17, 15) is 14.4 Å². The minimum Gasteiger partial charge on any atom is -0.444 e.